The average molecular weight is 283 g/mol. The zero-order valence-corrected chi connectivity index (χ0v) is 11.2. The smallest absolute Gasteiger partial charge is 0.134 e. The molecule has 1 aromatic heterocycles. The van der Waals surface area contributed by atoms with Crippen LogP contribution < -0.4 is 5.73 Å². The van der Waals surface area contributed by atoms with Gasteiger partial charge in [-0.1, -0.05) is 17.7 Å². The highest BCUT2D eigenvalue weighted by molar-refractivity contribution is 7.15. The standard InChI is InChI=1S/C13H12ClFN2S/c14-7-3-1-4-8(15)11(7)13-17-10-6-2-5-9(16)12(10)18-13/h1,3-4,9H,2,5-6,16H2. The molecular formula is C13H12ClFN2S. The minimum atomic E-state index is -0.331. The first kappa shape index (κ1) is 12.1. The second kappa shape index (κ2) is 4.61. The van der Waals surface area contributed by atoms with Crippen molar-refractivity contribution in [2.75, 3.05) is 0 Å². The van der Waals surface area contributed by atoms with E-state index in [1.807, 2.05) is 0 Å². The summed E-state index contributed by atoms with van der Waals surface area (Å²) in [7, 11) is 0. The molecule has 0 radical (unpaired) electrons. The molecule has 5 heteroatoms. The predicted octanol–water partition coefficient (Wildman–Crippen LogP) is 3.94. The van der Waals surface area contributed by atoms with Gasteiger partial charge in [-0.25, -0.2) is 9.37 Å². The molecule has 1 unspecified atom stereocenters. The molecule has 1 aliphatic carbocycles. The zero-order valence-electron chi connectivity index (χ0n) is 9.62. The Morgan fingerprint density at radius 1 is 1.44 bits per heavy atom. The van der Waals surface area contributed by atoms with Crippen molar-refractivity contribution in [2.45, 2.75) is 25.3 Å². The van der Waals surface area contributed by atoms with Crippen molar-refractivity contribution in [2.24, 2.45) is 5.73 Å². The molecule has 18 heavy (non-hydrogen) atoms. The van der Waals surface area contributed by atoms with Crippen molar-refractivity contribution < 1.29 is 4.39 Å². The molecule has 0 amide bonds. The Hall–Kier alpha value is -0.970. The summed E-state index contributed by atoms with van der Waals surface area (Å²) >= 11 is 7.52. The van der Waals surface area contributed by atoms with Crippen molar-refractivity contribution in [3.05, 3.63) is 39.6 Å². The van der Waals surface area contributed by atoms with Gasteiger partial charge < -0.3 is 5.73 Å². The summed E-state index contributed by atoms with van der Waals surface area (Å²) in [5.74, 6) is -0.331. The Morgan fingerprint density at radius 3 is 3.00 bits per heavy atom. The number of hydrogen-bond acceptors (Lipinski definition) is 3. The molecule has 1 aromatic carbocycles. The molecule has 94 valence electrons. The number of benzene rings is 1. The molecule has 0 aliphatic heterocycles. The summed E-state index contributed by atoms with van der Waals surface area (Å²) in [4.78, 5) is 5.59. The van der Waals surface area contributed by atoms with E-state index in [-0.39, 0.29) is 11.9 Å². The van der Waals surface area contributed by atoms with Gasteiger partial charge in [0.25, 0.3) is 0 Å². The molecule has 2 nitrogen and oxygen atoms in total. The molecule has 1 aliphatic rings. The summed E-state index contributed by atoms with van der Waals surface area (Å²) in [5.41, 5.74) is 7.46. The highest BCUT2D eigenvalue weighted by Crippen LogP contribution is 2.39. The lowest BCUT2D eigenvalue weighted by Crippen LogP contribution is -2.15. The second-order valence-corrected chi connectivity index (χ2v) is 5.86. The number of nitrogens with zero attached hydrogens (tertiary/aromatic N) is 1. The van der Waals surface area contributed by atoms with E-state index in [9.17, 15) is 4.39 Å². The summed E-state index contributed by atoms with van der Waals surface area (Å²) in [6.45, 7) is 0. The van der Waals surface area contributed by atoms with Crippen LogP contribution in [0.1, 0.15) is 29.5 Å². The van der Waals surface area contributed by atoms with E-state index in [0.29, 0.717) is 15.6 Å². The lowest BCUT2D eigenvalue weighted by molar-refractivity contribution is 0.573. The van der Waals surface area contributed by atoms with Crippen LogP contribution in [0.3, 0.4) is 0 Å². The first-order valence-corrected chi connectivity index (χ1v) is 7.06. The molecule has 2 aromatic rings. The number of thiazole rings is 1. The van der Waals surface area contributed by atoms with E-state index in [1.165, 1.54) is 17.4 Å². The van der Waals surface area contributed by atoms with E-state index in [4.69, 9.17) is 17.3 Å². The fourth-order valence-electron chi connectivity index (χ4n) is 2.26. The third-order valence-corrected chi connectivity index (χ3v) is 4.73. The third-order valence-electron chi connectivity index (χ3n) is 3.17. The van der Waals surface area contributed by atoms with E-state index >= 15 is 0 Å². The highest BCUT2D eigenvalue weighted by Gasteiger charge is 2.23. The maximum Gasteiger partial charge on any atom is 0.134 e. The molecule has 1 heterocycles. The van der Waals surface area contributed by atoms with Crippen molar-refractivity contribution >= 4 is 22.9 Å². The topological polar surface area (TPSA) is 38.9 Å². The molecule has 0 saturated carbocycles. The van der Waals surface area contributed by atoms with E-state index in [0.717, 1.165) is 29.8 Å². The highest BCUT2D eigenvalue weighted by atomic mass is 35.5. The SMILES string of the molecule is NC1CCCc2nc(-c3c(F)cccc3Cl)sc21. The number of aryl methyl sites for hydroxylation is 1. The summed E-state index contributed by atoms with van der Waals surface area (Å²) in [6.07, 6.45) is 2.94. The Bertz CT molecular complexity index is 576. The van der Waals surface area contributed by atoms with Gasteiger partial charge in [0.15, 0.2) is 0 Å². The first-order valence-electron chi connectivity index (χ1n) is 5.86. The van der Waals surface area contributed by atoms with Gasteiger partial charge in [-0.3, -0.25) is 0 Å². The minimum Gasteiger partial charge on any atom is -0.323 e. The van der Waals surface area contributed by atoms with Crippen LogP contribution in [-0.4, -0.2) is 4.98 Å². The van der Waals surface area contributed by atoms with Crippen LogP contribution >= 0.6 is 22.9 Å². The molecule has 0 spiro atoms. The van der Waals surface area contributed by atoms with Gasteiger partial charge in [-0.2, -0.15) is 0 Å². The van der Waals surface area contributed by atoms with E-state index in [2.05, 4.69) is 4.98 Å². The van der Waals surface area contributed by atoms with Crippen LogP contribution in [0.15, 0.2) is 18.2 Å². The fraction of sp³-hybridized carbons (Fsp3) is 0.308. The van der Waals surface area contributed by atoms with Crippen molar-refractivity contribution in [1.82, 2.24) is 4.98 Å². The van der Waals surface area contributed by atoms with Crippen LogP contribution in [0.5, 0.6) is 0 Å². The zero-order chi connectivity index (χ0) is 12.7. The minimum absolute atomic E-state index is 0.0329. The number of halogens is 2. The molecule has 1 atom stereocenters. The van der Waals surface area contributed by atoms with Gasteiger partial charge >= 0.3 is 0 Å². The maximum atomic E-state index is 13.8. The monoisotopic (exact) mass is 282 g/mol. The second-order valence-electron chi connectivity index (χ2n) is 4.43. The van der Waals surface area contributed by atoms with Gasteiger partial charge in [0, 0.05) is 10.9 Å². The van der Waals surface area contributed by atoms with Crippen molar-refractivity contribution in [3.63, 3.8) is 0 Å². The van der Waals surface area contributed by atoms with Gasteiger partial charge in [0.05, 0.1) is 16.3 Å². The fourth-order valence-corrected chi connectivity index (χ4v) is 3.78. The van der Waals surface area contributed by atoms with Crippen molar-refractivity contribution in [1.29, 1.82) is 0 Å². The van der Waals surface area contributed by atoms with Crippen LogP contribution in [0.4, 0.5) is 4.39 Å². The largest absolute Gasteiger partial charge is 0.323 e. The number of rotatable bonds is 1. The molecule has 0 saturated heterocycles. The lowest BCUT2D eigenvalue weighted by Gasteiger charge is -2.15. The molecular weight excluding hydrogens is 271 g/mol. The Labute approximate surface area is 114 Å². The Balaban J connectivity index is 2.13. The maximum absolute atomic E-state index is 13.8. The Kier molecular flexibility index (Phi) is 3.09. The number of aromatic nitrogens is 1. The summed E-state index contributed by atoms with van der Waals surface area (Å²) in [6, 6.07) is 4.72. The summed E-state index contributed by atoms with van der Waals surface area (Å²) in [5, 5.41) is 1.04. The van der Waals surface area contributed by atoms with Crippen LogP contribution in [0, 0.1) is 5.82 Å². The molecule has 0 bridgehead atoms. The Morgan fingerprint density at radius 2 is 2.28 bits per heavy atom. The average Bonchev–Trinajstić information content (AvgIpc) is 2.74. The normalized spacial score (nSPS) is 18.7. The van der Waals surface area contributed by atoms with Gasteiger partial charge in [-0.05, 0) is 31.4 Å². The van der Waals surface area contributed by atoms with Gasteiger partial charge in [0.2, 0.25) is 0 Å². The van der Waals surface area contributed by atoms with Crippen molar-refractivity contribution in [3.8, 4) is 10.6 Å². The molecule has 2 N–H and O–H groups in total. The van der Waals surface area contributed by atoms with E-state index in [1.54, 1.807) is 12.1 Å². The first-order chi connectivity index (χ1) is 8.66. The van der Waals surface area contributed by atoms with E-state index < -0.39 is 0 Å². The number of fused-ring (bicyclic) bond motifs is 1. The molecule has 0 fully saturated rings. The van der Waals surface area contributed by atoms with Crippen LogP contribution in [0.25, 0.3) is 10.6 Å². The number of nitrogens with two attached hydrogens (primary N) is 1. The lowest BCUT2D eigenvalue weighted by atomic mass is 9.99. The number of hydrogen-bond donors (Lipinski definition) is 1. The van der Waals surface area contributed by atoms with Gasteiger partial charge in [0.1, 0.15) is 10.8 Å². The van der Waals surface area contributed by atoms with Crippen LogP contribution in [-0.2, 0) is 6.42 Å². The predicted molar refractivity (Wildman–Crippen MR) is 72.4 cm³/mol. The van der Waals surface area contributed by atoms with Crippen LogP contribution in [0.2, 0.25) is 5.02 Å². The van der Waals surface area contributed by atoms with Gasteiger partial charge in [-0.15, -0.1) is 11.3 Å². The molecule has 3 rings (SSSR count). The third kappa shape index (κ3) is 1.94. The quantitative estimate of drug-likeness (QED) is 0.860. The summed E-state index contributed by atoms with van der Waals surface area (Å²) < 4.78 is 13.8.